The molecule has 0 aliphatic heterocycles. The first-order valence-electron chi connectivity index (χ1n) is 6.16. The maximum atomic E-state index is 12.0. The molecule has 5 nitrogen and oxygen atoms in total. The van der Waals surface area contributed by atoms with Crippen molar-refractivity contribution in [1.29, 1.82) is 0 Å². The van der Waals surface area contributed by atoms with Crippen LogP contribution >= 0.6 is 0 Å². The SMILES string of the molecule is Cc1c(C(=O)NCc2ccc(CN)cc2)cnn1C. The Morgan fingerprint density at radius 2 is 1.95 bits per heavy atom. The fourth-order valence-electron chi connectivity index (χ4n) is 1.79. The number of nitrogens with one attached hydrogen (secondary N) is 1. The van der Waals surface area contributed by atoms with E-state index in [0.29, 0.717) is 18.7 Å². The van der Waals surface area contributed by atoms with E-state index in [2.05, 4.69) is 10.4 Å². The predicted octanol–water partition coefficient (Wildman–Crippen LogP) is 1.12. The molecule has 0 saturated carbocycles. The van der Waals surface area contributed by atoms with Gasteiger partial charge in [-0.3, -0.25) is 9.48 Å². The lowest BCUT2D eigenvalue weighted by Gasteiger charge is -2.06. The molecule has 1 heterocycles. The van der Waals surface area contributed by atoms with E-state index in [1.807, 2.05) is 38.2 Å². The van der Waals surface area contributed by atoms with Crippen molar-refractivity contribution >= 4 is 5.91 Å². The van der Waals surface area contributed by atoms with Crippen LogP contribution in [0.15, 0.2) is 30.5 Å². The molecule has 100 valence electrons. The molecule has 0 bridgehead atoms. The van der Waals surface area contributed by atoms with Crippen LogP contribution in [0.2, 0.25) is 0 Å². The number of benzene rings is 1. The normalized spacial score (nSPS) is 10.5. The summed E-state index contributed by atoms with van der Waals surface area (Å²) >= 11 is 0. The van der Waals surface area contributed by atoms with Crippen molar-refractivity contribution in [3.63, 3.8) is 0 Å². The number of aromatic nitrogens is 2. The van der Waals surface area contributed by atoms with Gasteiger partial charge in [0.25, 0.3) is 5.91 Å². The van der Waals surface area contributed by atoms with Gasteiger partial charge in [-0.1, -0.05) is 24.3 Å². The van der Waals surface area contributed by atoms with E-state index in [0.717, 1.165) is 16.8 Å². The van der Waals surface area contributed by atoms with E-state index in [-0.39, 0.29) is 5.91 Å². The van der Waals surface area contributed by atoms with Gasteiger partial charge in [0.05, 0.1) is 11.8 Å². The summed E-state index contributed by atoms with van der Waals surface area (Å²) in [6.07, 6.45) is 1.59. The molecule has 0 unspecified atom stereocenters. The van der Waals surface area contributed by atoms with Gasteiger partial charge in [0.2, 0.25) is 0 Å². The number of hydrogen-bond acceptors (Lipinski definition) is 3. The molecule has 3 N–H and O–H groups in total. The van der Waals surface area contributed by atoms with Gasteiger partial charge in [-0.05, 0) is 18.1 Å². The van der Waals surface area contributed by atoms with Crippen LogP contribution in [-0.2, 0) is 20.1 Å². The van der Waals surface area contributed by atoms with Crippen LogP contribution in [0.5, 0.6) is 0 Å². The van der Waals surface area contributed by atoms with Gasteiger partial charge < -0.3 is 11.1 Å². The Balaban J connectivity index is 1.98. The summed E-state index contributed by atoms with van der Waals surface area (Å²) in [7, 11) is 1.82. The number of aryl methyl sites for hydroxylation is 1. The van der Waals surface area contributed by atoms with E-state index in [1.54, 1.807) is 10.9 Å². The molecule has 0 aliphatic carbocycles. The number of nitrogens with zero attached hydrogens (tertiary/aromatic N) is 2. The van der Waals surface area contributed by atoms with E-state index >= 15 is 0 Å². The van der Waals surface area contributed by atoms with Gasteiger partial charge in [-0.15, -0.1) is 0 Å². The molecule has 1 amide bonds. The molecule has 1 aromatic heterocycles. The highest BCUT2D eigenvalue weighted by Crippen LogP contribution is 2.07. The molecule has 2 rings (SSSR count). The van der Waals surface area contributed by atoms with Gasteiger partial charge in [0.15, 0.2) is 0 Å². The first-order chi connectivity index (χ1) is 9.11. The molecule has 0 spiro atoms. The van der Waals surface area contributed by atoms with Gasteiger partial charge >= 0.3 is 0 Å². The average molecular weight is 258 g/mol. The van der Waals surface area contributed by atoms with Crippen molar-refractivity contribution in [2.45, 2.75) is 20.0 Å². The number of nitrogens with two attached hydrogens (primary N) is 1. The van der Waals surface area contributed by atoms with Crippen LogP contribution in [0, 0.1) is 6.92 Å². The van der Waals surface area contributed by atoms with Gasteiger partial charge in [-0.25, -0.2) is 0 Å². The highest BCUT2D eigenvalue weighted by atomic mass is 16.1. The molecule has 0 radical (unpaired) electrons. The Kier molecular flexibility index (Phi) is 3.97. The van der Waals surface area contributed by atoms with E-state index in [4.69, 9.17) is 5.73 Å². The zero-order valence-corrected chi connectivity index (χ0v) is 11.2. The van der Waals surface area contributed by atoms with Gasteiger partial charge in [-0.2, -0.15) is 5.10 Å². The summed E-state index contributed by atoms with van der Waals surface area (Å²) in [5, 5.41) is 6.94. The van der Waals surface area contributed by atoms with Crippen LogP contribution in [0.25, 0.3) is 0 Å². The second-order valence-corrected chi connectivity index (χ2v) is 4.47. The van der Waals surface area contributed by atoms with Crippen molar-refractivity contribution in [2.24, 2.45) is 12.8 Å². The fraction of sp³-hybridized carbons (Fsp3) is 0.286. The topological polar surface area (TPSA) is 72.9 Å². The van der Waals surface area contributed by atoms with Crippen molar-refractivity contribution < 1.29 is 4.79 Å². The molecular weight excluding hydrogens is 240 g/mol. The average Bonchev–Trinajstić information content (AvgIpc) is 2.77. The number of amides is 1. The van der Waals surface area contributed by atoms with Crippen LogP contribution in [-0.4, -0.2) is 15.7 Å². The maximum Gasteiger partial charge on any atom is 0.255 e. The molecule has 0 atom stereocenters. The monoisotopic (exact) mass is 258 g/mol. The van der Waals surface area contributed by atoms with Gasteiger partial charge in [0.1, 0.15) is 0 Å². The lowest BCUT2D eigenvalue weighted by atomic mass is 10.1. The van der Waals surface area contributed by atoms with E-state index in [1.165, 1.54) is 0 Å². The third kappa shape index (κ3) is 3.00. The first-order valence-corrected chi connectivity index (χ1v) is 6.16. The highest BCUT2D eigenvalue weighted by molar-refractivity contribution is 5.94. The zero-order chi connectivity index (χ0) is 13.8. The van der Waals surface area contributed by atoms with Crippen molar-refractivity contribution in [3.8, 4) is 0 Å². The molecular formula is C14H18N4O. The second kappa shape index (κ2) is 5.67. The predicted molar refractivity (Wildman–Crippen MR) is 73.4 cm³/mol. The van der Waals surface area contributed by atoms with Crippen molar-refractivity contribution in [2.75, 3.05) is 0 Å². The van der Waals surface area contributed by atoms with Crippen molar-refractivity contribution in [1.82, 2.24) is 15.1 Å². The molecule has 2 aromatic rings. The lowest BCUT2D eigenvalue weighted by Crippen LogP contribution is -2.23. The lowest BCUT2D eigenvalue weighted by molar-refractivity contribution is 0.0950. The van der Waals surface area contributed by atoms with Crippen LogP contribution in [0.3, 0.4) is 0 Å². The summed E-state index contributed by atoms with van der Waals surface area (Å²) in [6.45, 7) is 2.90. The standard InChI is InChI=1S/C14H18N4O/c1-10-13(9-17-18(10)2)14(19)16-8-12-5-3-11(7-15)4-6-12/h3-6,9H,7-8,15H2,1-2H3,(H,16,19). The molecule has 0 saturated heterocycles. The summed E-state index contributed by atoms with van der Waals surface area (Å²) in [6, 6.07) is 7.88. The molecule has 1 aromatic carbocycles. The highest BCUT2D eigenvalue weighted by Gasteiger charge is 2.11. The molecule has 5 heteroatoms. The third-order valence-corrected chi connectivity index (χ3v) is 3.19. The number of hydrogen-bond donors (Lipinski definition) is 2. The Labute approximate surface area is 112 Å². The van der Waals surface area contributed by atoms with Crippen LogP contribution in [0.4, 0.5) is 0 Å². The largest absolute Gasteiger partial charge is 0.348 e. The van der Waals surface area contributed by atoms with E-state index in [9.17, 15) is 4.79 Å². The van der Waals surface area contributed by atoms with Crippen LogP contribution in [0.1, 0.15) is 27.2 Å². The quantitative estimate of drug-likeness (QED) is 0.863. The molecule has 0 fully saturated rings. The Morgan fingerprint density at radius 3 is 2.47 bits per heavy atom. The van der Waals surface area contributed by atoms with E-state index < -0.39 is 0 Å². The summed E-state index contributed by atoms with van der Waals surface area (Å²) in [5.41, 5.74) is 9.14. The maximum absolute atomic E-state index is 12.0. The summed E-state index contributed by atoms with van der Waals surface area (Å²) < 4.78 is 1.69. The summed E-state index contributed by atoms with van der Waals surface area (Å²) in [5.74, 6) is -0.103. The minimum Gasteiger partial charge on any atom is -0.348 e. The van der Waals surface area contributed by atoms with Gasteiger partial charge in [0, 0.05) is 25.8 Å². The Hall–Kier alpha value is -2.14. The molecule has 0 aliphatic rings. The minimum absolute atomic E-state index is 0.103. The molecule has 19 heavy (non-hydrogen) atoms. The second-order valence-electron chi connectivity index (χ2n) is 4.47. The zero-order valence-electron chi connectivity index (χ0n) is 11.2. The van der Waals surface area contributed by atoms with Crippen LogP contribution < -0.4 is 11.1 Å². The first kappa shape index (κ1) is 13.3. The number of rotatable bonds is 4. The summed E-state index contributed by atoms with van der Waals surface area (Å²) in [4.78, 5) is 12.0. The minimum atomic E-state index is -0.103. The number of carbonyl (C=O) groups is 1. The Bertz CT molecular complexity index is 572. The fourth-order valence-corrected chi connectivity index (χ4v) is 1.79. The number of carbonyl (C=O) groups excluding carboxylic acids is 1. The van der Waals surface area contributed by atoms with Crippen molar-refractivity contribution in [3.05, 3.63) is 52.8 Å². The Morgan fingerprint density at radius 1 is 1.32 bits per heavy atom. The third-order valence-electron chi connectivity index (χ3n) is 3.19. The smallest absolute Gasteiger partial charge is 0.255 e.